The number of carbonyl (C=O) groups excluding carboxylic acids is 1. The maximum absolute atomic E-state index is 12.4. The number of carbonyl (C=O) groups is 1. The molecule has 4 heteroatoms. The van der Waals surface area contributed by atoms with Crippen molar-refractivity contribution in [2.24, 2.45) is 11.3 Å². The van der Waals surface area contributed by atoms with Crippen LogP contribution >= 0.6 is 22.6 Å². The van der Waals surface area contributed by atoms with Crippen LogP contribution in [0.15, 0.2) is 18.2 Å². The molecule has 3 nitrogen and oxygen atoms in total. The number of amides is 1. The van der Waals surface area contributed by atoms with Crippen LogP contribution < -0.4 is 10.2 Å². The molecule has 1 amide bonds. The number of rotatable bonds is 7. The second kappa shape index (κ2) is 8.90. The van der Waals surface area contributed by atoms with Gasteiger partial charge in [0.25, 0.3) is 0 Å². The van der Waals surface area contributed by atoms with Crippen LogP contribution in [0.2, 0.25) is 0 Å². The lowest BCUT2D eigenvalue weighted by molar-refractivity contribution is -0.117. The van der Waals surface area contributed by atoms with E-state index in [1.807, 2.05) is 0 Å². The monoisotopic (exact) mass is 430 g/mol. The Bertz CT molecular complexity index is 519. The van der Waals surface area contributed by atoms with Crippen molar-refractivity contribution in [1.29, 1.82) is 0 Å². The highest BCUT2D eigenvalue weighted by Crippen LogP contribution is 2.28. The second-order valence-electron chi connectivity index (χ2n) is 7.46. The van der Waals surface area contributed by atoms with Crippen LogP contribution in [0.5, 0.6) is 0 Å². The summed E-state index contributed by atoms with van der Waals surface area (Å²) in [5.41, 5.74) is 2.34. The van der Waals surface area contributed by atoms with E-state index in [1.54, 1.807) is 0 Å². The van der Waals surface area contributed by atoms with Gasteiger partial charge in [0, 0.05) is 28.8 Å². The number of halogens is 1. The third-order valence-corrected chi connectivity index (χ3v) is 4.79. The fraction of sp³-hybridized carbons (Fsp3) is 0.632. The van der Waals surface area contributed by atoms with E-state index in [0.717, 1.165) is 34.5 Å². The van der Waals surface area contributed by atoms with Crippen molar-refractivity contribution in [3.8, 4) is 0 Å². The second-order valence-corrected chi connectivity index (χ2v) is 8.62. The summed E-state index contributed by atoms with van der Waals surface area (Å²) in [4.78, 5) is 14.6. The van der Waals surface area contributed by atoms with Crippen LogP contribution in [0.1, 0.15) is 54.4 Å². The Morgan fingerprint density at radius 3 is 2.39 bits per heavy atom. The highest BCUT2D eigenvalue weighted by atomic mass is 127. The van der Waals surface area contributed by atoms with Gasteiger partial charge in [0.2, 0.25) is 5.91 Å². The molecule has 0 aliphatic rings. The maximum atomic E-state index is 12.4. The summed E-state index contributed by atoms with van der Waals surface area (Å²) < 4.78 is 1.08. The van der Waals surface area contributed by atoms with Gasteiger partial charge in [-0.05, 0) is 72.4 Å². The molecular weight excluding hydrogens is 399 g/mol. The lowest BCUT2D eigenvalue weighted by atomic mass is 9.84. The van der Waals surface area contributed by atoms with Crippen LogP contribution in [0, 0.1) is 14.9 Å². The molecule has 1 unspecified atom stereocenters. The minimum absolute atomic E-state index is 0.108. The Morgan fingerprint density at radius 2 is 1.87 bits per heavy atom. The van der Waals surface area contributed by atoms with Gasteiger partial charge in [0.15, 0.2) is 0 Å². The van der Waals surface area contributed by atoms with E-state index in [2.05, 4.69) is 92.5 Å². The van der Waals surface area contributed by atoms with Gasteiger partial charge < -0.3 is 10.2 Å². The molecular formula is C19H31IN2O. The fourth-order valence-corrected chi connectivity index (χ4v) is 3.50. The van der Waals surface area contributed by atoms with Crippen molar-refractivity contribution >= 4 is 39.9 Å². The number of hydrogen-bond donors (Lipinski definition) is 1. The summed E-state index contributed by atoms with van der Waals surface area (Å²) in [6.07, 6.45) is 1.62. The number of nitrogens with zero attached hydrogens (tertiary/aromatic N) is 1. The maximum Gasteiger partial charge on any atom is 0.224 e. The van der Waals surface area contributed by atoms with E-state index >= 15 is 0 Å². The van der Waals surface area contributed by atoms with Crippen LogP contribution in [0.3, 0.4) is 0 Å². The van der Waals surface area contributed by atoms with Crippen molar-refractivity contribution in [3.05, 3.63) is 21.8 Å². The summed E-state index contributed by atoms with van der Waals surface area (Å²) in [5.74, 6) is 0.495. The quantitative estimate of drug-likeness (QED) is 0.577. The topological polar surface area (TPSA) is 32.3 Å². The summed E-state index contributed by atoms with van der Waals surface area (Å²) in [7, 11) is 0. The predicted octanol–water partition coefficient (Wildman–Crippen LogP) is 5.54. The molecule has 1 rings (SSSR count). The average molecular weight is 430 g/mol. The number of nitrogens with one attached hydrogen (secondary N) is 1. The molecule has 0 fully saturated rings. The van der Waals surface area contributed by atoms with Gasteiger partial charge in [0.05, 0.1) is 5.69 Å². The molecule has 1 aromatic rings. The van der Waals surface area contributed by atoms with Crippen molar-refractivity contribution in [2.75, 3.05) is 23.3 Å². The average Bonchev–Trinajstić information content (AvgIpc) is 2.41. The summed E-state index contributed by atoms with van der Waals surface area (Å²) >= 11 is 2.28. The Hall–Kier alpha value is -0.780. The molecule has 0 bridgehead atoms. The van der Waals surface area contributed by atoms with Crippen LogP contribution in [0.25, 0.3) is 0 Å². The normalized spacial score (nSPS) is 12.8. The summed E-state index contributed by atoms with van der Waals surface area (Å²) in [6, 6.07) is 6.27. The van der Waals surface area contributed by atoms with E-state index in [9.17, 15) is 4.79 Å². The Morgan fingerprint density at radius 1 is 1.26 bits per heavy atom. The van der Waals surface area contributed by atoms with E-state index < -0.39 is 0 Å². The van der Waals surface area contributed by atoms with E-state index in [4.69, 9.17) is 0 Å². The first kappa shape index (κ1) is 20.3. The van der Waals surface area contributed by atoms with Crippen LogP contribution in [-0.4, -0.2) is 19.0 Å². The molecule has 1 N–H and O–H groups in total. The predicted molar refractivity (Wildman–Crippen MR) is 109 cm³/mol. The highest BCUT2D eigenvalue weighted by Gasteiger charge is 2.18. The van der Waals surface area contributed by atoms with Crippen molar-refractivity contribution in [3.63, 3.8) is 0 Å². The summed E-state index contributed by atoms with van der Waals surface area (Å²) in [5, 5.41) is 3.10. The Kier molecular flexibility index (Phi) is 7.84. The molecule has 130 valence electrons. The van der Waals surface area contributed by atoms with Crippen LogP contribution in [0.4, 0.5) is 11.4 Å². The fourth-order valence-electron chi connectivity index (χ4n) is 3.03. The molecule has 0 aliphatic heterocycles. The van der Waals surface area contributed by atoms with Crippen LogP contribution in [-0.2, 0) is 4.79 Å². The first-order chi connectivity index (χ1) is 10.7. The van der Waals surface area contributed by atoms with Gasteiger partial charge in [-0.1, -0.05) is 27.7 Å². The standard InChI is InChI=1S/C19H31IN2O/c1-7-22(8-2)15-9-10-16(20)17(12-15)21-18(23)11-14(3)13-19(4,5)6/h9-10,12,14H,7-8,11,13H2,1-6H3,(H,21,23). The lowest BCUT2D eigenvalue weighted by Gasteiger charge is -2.24. The first-order valence-corrected chi connectivity index (χ1v) is 9.58. The Balaban J connectivity index is 2.76. The molecule has 0 saturated heterocycles. The zero-order chi connectivity index (χ0) is 17.6. The smallest absolute Gasteiger partial charge is 0.224 e. The first-order valence-electron chi connectivity index (χ1n) is 8.50. The number of benzene rings is 1. The minimum Gasteiger partial charge on any atom is -0.372 e. The van der Waals surface area contributed by atoms with Gasteiger partial charge in [0.1, 0.15) is 0 Å². The molecule has 1 aromatic carbocycles. The molecule has 1 atom stereocenters. The minimum atomic E-state index is 0.108. The van der Waals surface area contributed by atoms with Gasteiger partial charge in [-0.25, -0.2) is 0 Å². The third-order valence-electron chi connectivity index (χ3n) is 3.85. The molecule has 0 heterocycles. The Labute approximate surface area is 155 Å². The van der Waals surface area contributed by atoms with Gasteiger partial charge in [-0.3, -0.25) is 4.79 Å². The van der Waals surface area contributed by atoms with Crippen molar-refractivity contribution < 1.29 is 4.79 Å². The molecule has 23 heavy (non-hydrogen) atoms. The van der Waals surface area contributed by atoms with Crippen molar-refractivity contribution in [1.82, 2.24) is 0 Å². The zero-order valence-electron chi connectivity index (χ0n) is 15.4. The van der Waals surface area contributed by atoms with Gasteiger partial charge in [-0.2, -0.15) is 0 Å². The molecule has 0 saturated carbocycles. The van der Waals surface area contributed by atoms with Crippen molar-refractivity contribution in [2.45, 2.75) is 54.4 Å². The van der Waals surface area contributed by atoms with Gasteiger partial charge >= 0.3 is 0 Å². The van der Waals surface area contributed by atoms with Gasteiger partial charge in [-0.15, -0.1) is 0 Å². The van der Waals surface area contributed by atoms with E-state index in [1.165, 1.54) is 0 Å². The molecule has 0 aromatic heterocycles. The summed E-state index contributed by atoms with van der Waals surface area (Å²) in [6.45, 7) is 15.0. The lowest BCUT2D eigenvalue weighted by Crippen LogP contribution is -2.22. The molecule has 0 spiro atoms. The number of anilines is 2. The SMILES string of the molecule is CCN(CC)c1ccc(I)c(NC(=O)CC(C)CC(C)(C)C)c1. The highest BCUT2D eigenvalue weighted by molar-refractivity contribution is 14.1. The molecule has 0 aliphatic carbocycles. The molecule has 0 radical (unpaired) electrons. The zero-order valence-corrected chi connectivity index (χ0v) is 17.5. The van der Waals surface area contributed by atoms with E-state index in [-0.39, 0.29) is 11.3 Å². The number of hydrogen-bond acceptors (Lipinski definition) is 2. The van der Waals surface area contributed by atoms with E-state index in [0.29, 0.717) is 12.3 Å². The largest absolute Gasteiger partial charge is 0.372 e. The third kappa shape index (κ3) is 7.10.